The highest BCUT2D eigenvalue weighted by atomic mass is 19.1. The van der Waals surface area contributed by atoms with Gasteiger partial charge in [0.1, 0.15) is 38.1 Å². The van der Waals surface area contributed by atoms with E-state index in [-0.39, 0.29) is 13.2 Å². The number of hydrogen-bond donors (Lipinski definition) is 1. The molecular formula is C25H33F2NO2. The van der Waals surface area contributed by atoms with Gasteiger partial charge in [0.25, 0.3) is 0 Å². The molecule has 0 spiro atoms. The molecule has 0 saturated carbocycles. The van der Waals surface area contributed by atoms with Crippen LogP contribution in [0.2, 0.25) is 0 Å². The normalized spacial score (nSPS) is 18.9. The maximum absolute atomic E-state index is 12.2. The van der Waals surface area contributed by atoms with Crippen molar-refractivity contribution in [1.82, 2.24) is 5.32 Å². The van der Waals surface area contributed by atoms with Crippen molar-refractivity contribution in [3.63, 3.8) is 0 Å². The molecule has 30 heavy (non-hydrogen) atoms. The molecule has 1 aliphatic heterocycles. The molecule has 2 atom stereocenters. The van der Waals surface area contributed by atoms with Crippen molar-refractivity contribution in [2.24, 2.45) is 0 Å². The Kier molecular flexibility index (Phi) is 9.42. The summed E-state index contributed by atoms with van der Waals surface area (Å²) in [7, 11) is 0. The smallest absolute Gasteiger partial charge is 0.123 e. The van der Waals surface area contributed by atoms with E-state index in [1.807, 2.05) is 24.3 Å². The average molecular weight is 418 g/mol. The molecule has 2 aromatic carbocycles. The van der Waals surface area contributed by atoms with Gasteiger partial charge in [-0.2, -0.15) is 0 Å². The lowest BCUT2D eigenvalue weighted by Gasteiger charge is -2.31. The number of ether oxygens (including phenoxy) is 2. The fraction of sp³-hybridized carbons (Fsp3) is 0.520. The topological polar surface area (TPSA) is 30.5 Å². The number of rotatable bonds is 12. The minimum absolute atomic E-state index is 0.115. The van der Waals surface area contributed by atoms with Gasteiger partial charge in [-0.1, -0.05) is 30.7 Å². The molecule has 1 fully saturated rings. The first-order valence-corrected chi connectivity index (χ1v) is 11.1. The monoisotopic (exact) mass is 417 g/mol. The van der Waals surface area contributed by atoms with Crippen molar-refractivity contribution in [2.75, 3.05) is 26.6 Å². The third-order valence-corrected chi connectivity index (χ3v) is 5.68. The molecule has 3 nitrogen and oxygen atoms in total. The molecule has 1 heterocycles. The number of hydrogen-bond acceptors (Lipinski definition) is 3. The Morgan fingerprint density at radius 1 is 0.700 bits per heavy atom. The maximum atomic E-state index is 12.2. The Labute approximate surface area is 178 Å². The molecule has 5 heteroatoms. The summed E-state index contributed by atoms with van der Waals surface area (Å²) in [5.41, 5.74) is 2.59. The molecule has 2 unspecified atom stereocenters. The Morgan fingerprint density at radius 3 is 1.53 bits per heavy atom. The zero-order valence-corrected chi connectivity index (χ0v) is 17.6. The van der Waals surface area contributed by atoms with Crippen molar-refractivity contribution in [2.45, 2.75) is 57.0 Å². The van der Waals surface area contributed by atoms with Gasteiger partial charge in [0.15, 0.2) is 0 Å². The van der Waals surface area contributed by atoms with Gasteiger partial charge in [0.2, 0.25) is 0 Å². The fourth-order valence-electron chi connectivity index (χ4n) is 4.07. The number of aryl methyl sites for hydroxylation is 2. The number of benzene rings is 2. The Balaban J connectivity index is 1.38. The lowest BCUT2D eigenvalue weighted by atomic mass is 9.91. The van der Waals surface area contributed by atoms with E-state index in [1.165, 1.54) is 30.4 Å². The highest BCUT2D eigenvalue weighted by Crippen LogP contribution is 2.22. The number of alkyl halides is 2. The van der Waals surface area contributed by atoms with Crippen LogP contribution in [0.15, 0.2) is 48.5 Å². The van der Waals surface area contributed by atoms with Gasteiger partial charge in [-0.05, 0) is 73.9 Å². The summed E-state index contributed by atoms with van der Waals surface area (Å²) in [6.07, 6.45) is 8.06. The summed E-state index contributed by atoms with van der Waals surface area (Å²) in [5, 5.41) is 3.84. The lowest BCUT2D eigenvalue weighted by molar-refractivity contribution is 0.273. The molecule has 1 N–H and O–H groups in total. The molecule has 0 aromatic heterocycles. The molecule has 164 valence electrons. The average Bonchev–Trinajstić information content (AvgIpc) is 2.80. The van der Waals surface area contributed by atoms with Crippen molar-refractivity contribution < 1.29 is 18.3 Å². The standard InChI is InChI=1S/C25H33F2NO2/c26-16-18-29-24-12-6-20(7-13-24)4-10-22-2-1-3-23(28-22)11-5-21-8-14-25(15-9-21)30-19-17-27/h6-9,12-15,22-23,28H,1-5,10-11,16-19H2. The quantitative estimate of drug-likeness (QED) is 0.497. The van der Waals surface area contributed by atoms with Crippen LogP contribution in [0, 0.1) is 0 Å². The predicted octanol–water partition coefficient (Wildman–Crippen LogP) is 5.46. The number of halogens is 2. The van der Waals surface area contributed by atoms with E-state index in [9.17, 15) is 8.78 Å². The van der Waals surface area contributed by atoms with Gasteiger partial charge >= 0.3 is 0 Å². The fourth-order valence-corrected chi connectivity index (χ4v) is 4.07. The van der Waals surface area contributed by atoms with Crippen LogP contribution in [0.5, 0.6) is 11.5 Å². The van der Waals surface area contributed by atoms with Crippen LogP contribution in [0.3, 0.4) is 0 Å². The molecule has 3 rings (SSSR count). The van der Waals surface area contributed by atoms with Crippen LogP contribution >= 0.6 is 0 Å². The van der Waals surface area contributed by atoms with Gasteiger partial charge in [0, 0.05) is 12.1 Å². The first-order chi connectivity index (χ1) is 14.8. The Hall–Kier alpha value is -2.14. The van der Waals surface area contributed by atoms with Crippen LogP contribution in [0.4, 0.5) is 8.78 Å². The minimum atomic E-state index is -0.462. The third kappa shape index (κ3) is 7.60. The molecule has 1 aliphatic rings. The highest BCUT2D eigenvalue weighted by molar-refractivity contribution is 5.28. The molecule has 2 aromatic rings. The first-order valence-electron chi connectivity index (χ1n) is 11.1. The van der Waals surface area contributed by atoms with Gasteiger partial charge in [0.05, 0.1) is 0 Å². The lowest BCUT2D eigenvalue weighted by Crippen LogP contribution is -2.42. The van der Waals surface area contributed by atoms with Crippen LogP contribution < -0.4 is 14.8 Å². The molecule has 0 aliphatic carbocycles. The largest absolute Gasteiger partial charge is 0.491 e. The zero-order valence-electron chi connectivity index (χ0n) is 17.6. The second-order valence-electron chi connectivity index (χ2n) is 7.93. The second-order valence-corrected chi connectivity index (χ2v) is 7.93. The molecule has 1 saturated heterocycles. The SMILES string of the molecule is FCCOc1ccc(CCC2CCCC(CCc3ccc(OCCF)cc3)N2)cc1. The predicted molar refractivity (Wildman–Crippen MR) is 117 cm³/mol. The summed E-state index contributed by atoms with van der Waals surface area (Å²) < 4.78 is 34.9. The van der Waals surface area contributed by atoms with Crippen molar-refractivity contribution in [3.05, 3.63) is 59.7 Å². The number of piperidine rings is 1. The van der Waals surface area contributed by atoms with E-state index in [4.69, 9.17) is 9.47 Å². The molecule has 0 amide bonds. The van der Waals surface area contributed by atoms with Crippen molar-refractivity contribution in [1.29, 1.82) is 0 Å². The van der Waals surface area contributed by atoms with Gasteiger partial charge in [-0.25, -0.2) is 8.78 Å². The van der Waals surface area contributed by atoms with Crippen molar-refractivity contribution >= 4 is 0 Å². The number of nitrogens with one attached hydrogen (secondary N) is 1. The maximum Gasteiger partial charge on any atom is 0.123 e. The van der Waals surface area contributed by atoms with E-state index in [0.717, 1.165) is 37.2 Å². The highest BCUT2D eigenvalue weighted by Gasteiger charge is 2.20. The molecule has 0 radical (unpaired) electrons. The van der Waals surface area contributed by atoms with Crippen LogP contribution in [0.1, 0.15) is 43.2 Å². The third-order valence-electron chi connectivity index (χ3n) is 5.68. The Morgan fingerprint density at radius 2 is 1.13 bits per heavy atom. The van der Waals surface area contributed by atoms with Gasteiger partial charge in [-0.3, -0.25) is 0 Å². The van der Waals surface area contributed by atoms with Crippen molar-refractivity contribution in [3.8, 4) is 11.5 Å². The summed E-state index contributed by atoms with van der Waals surface area (Å²) in [6, 6.07) is 17.1. The van der Waals surface area contributed by atoms with Gasteiger partial charge in [-0.15, -0.1) is 0 Å². The summed E-state index contributed by atoms with van der Waals surface area (Å²) in [5.74, 6) is 1.46. The van der Waals surface area contributed by atoms with E-state index in [2.05, 4.69) is 29.6 Å². The second kappa shape index (κ2) is 12.5. The van der Waals surface area contributed by atoms with Gasteiger partial charge < -0.3 is 14.8 Å². The van der Waals surface area contributed by atoms with E-state index < -0.39 is 13.3 Å². The van der Waals surface area contributed by atoms with Crippen LogP contribution in [0.25, 0.3) is 0 Å². The van der Waals surface area contributed by atoms with E-state index in [0.29, 0.717) is 12.1 Å². The molecular weight excluding hydrogens is 384 g/mol. The zero-order chi connectivity index (χ0) is 21.0. The van der Waals surface area contributed by atoms with E-state index >= 15 is 0 Å². The Bertz CT molecular complexity index is 659. The minimum Gasteiger partial charge on any atom is -0.491 e. The van der Waals surface area contributed by atoms with E-state index in [1.54, 1.807) is 0 Å². The summed E-state index contributed by atoms with van der Waals surface area (Å²) in [6.45, 7) is -0.694. The summed E-state index contributed by atoms with van der Waals surface area (Å²) >= 11 is 0. The van der Waals surface area contributed by atoms with Crippen LogP contribution in [-0.4, -0.2) is 38.6 Å². The molecule has 0 bridgehead atoms. The van der Waals surface area contributed by atoms with Crippen LogP contribution in [-0.2, 0) is 12.8 Å². The first kappa shape index (κ1) is 22.5. The summed E-state index contributed by atoms with van der Waals surface area (Å²) in [4.78, 5) is 0.